The van der Waals surface area contributed by atoms with Crippen molar-refractivity contribution in [2.24, 2.45) is 5.73 Å². The second kappa shape index (κ2) is 22.0. The zero-order valence-corrected chi connectivity index (χ0v) is 44.8. The molecule has 6 aliphatic heterocycles. The highest BCUT2D eigenvalue weighted by Gasteiger charge is 2.41. The molecular formula is C58H45Cl2N7O18. The lowest BCUT2D eigenvalue weighted by Gasteiger charge is -2.31. The summed E-state index contributed by atoms with van der Waals surface area (Å²) in [5.74, 6) is -14.9. The Kier molecular flexibility index (Phi) is 14.6. The second-order valence-electron chi connectivity index (χ2n) is 20.1. The molecule has 7 aromatic carbocycles. The largest absolute Gasteiger partial charge is 0.508 e. The summed E-state index contributed by atoms with van der Waals surface area (Å²) in [6, 6.07) is 8.15. The Bertz CT molecular complexity index is 4030. The van der Waals surface area contributed by atoms with Crippen LogP contribution in [0.15, 0.2) is 115 Å². The Morgan fingerprint density at radius 1 is 0.494 bits per heavy atom. The maximum Gasteiger partial charge on any atom is 0.330 e. The summed E-state index contributed by atoms with van der Waals surface area (Å²) in [5.41, 5.74) is 4.41. The monoisotopic (exact) mass is 1200 g/mol. The summed E-state index contributed by atoms with van der Waals surface area (Å²) in [4.78, 5) is 103. The summed E-state index contributed by atoms with van der Waals surface area (Å²) in [7, 11) is 0. The first-order valence-electron chi connectivity index (χ1n) is 25.5. The number of carbonyl (C=O) groups is 7. The lowest BCUT2D eigenvalue weighted by molar-refractivity contribution is -0.143. The van der Waals surface area contributed by atoms with Crippen molar-refractivity contribution in [2.75, 3.05) is 0 Å². The van der Waals surface area contributed by atoms with E-state index in [0.717, 1.165) is 60.7 Å². The van der Waals surface area contributed by atoms with Gasteiger partial charge >= 0.3 is 5.97 Å². The molecule has 17 bridgehead atoms. The number of halogens is 2. The molecule has 1 unspecified atom stereocenters. The van der Waals surface area contributed by atoms with Gasteiger partial charge in [0, 0.05) is 35.2 Å². The zero-order valence-electron chi connectivity index (χ0n) is 43.3. The van der Waals surface area contributed by atoms with Crippen LogP contribution in [0.4, 0.5) is 0 Å². The number of aromatic hydroxyl groups is 6. The Balaban J connectivity index is 1.14. The van der Waals surface area contributed by atoms with E-state index in [0.29, 0.717) is 5.56 Å². The first kappa shape index (κ1) is 56.4. The summed E-state index contributed by atoms with van der Waals surface area (Å²) in [5, 5.41) is 105. The van der Waals surface area contributed by atoms with Gasteiger partial charge in [-0.1, -0.05) is 47.5 Å². The Labute approximate surface area is 488 Å². The molecule has 0 saturated heterocycles. The van der Waals surface area contributed by atoms with E-state index in [1.807, 2.05) is 0 Å². The van der Waals surface area contributed by atoms with Crippen molar-refractivity contribution in [1.82, 2.24) is 31.9 Å². The summed E-state index contributed by atoms with van der Waals surface area (Å²) < 4.78 is 18.4. The number of aliphatic carboxylic acids is 1. The van der Waals surface area contributed by atoms with Crippen LogP contribution in [0, 0.1) is 0 Å². The zero-order chi connectivity index (χ0) is 60.4. The molecule has 16 N–H and O–H groups in total. The number of nitrogens with two attached hydrogens (primary N) is 1. The molecule has 6 heterocycles. The fraction of sp³-hybridized carbons (Fsp3) is 0.155. The van der Waals surface area contributed by atoms with Gasteiger partial charge in [-0.3, -0.25) is 28.8 Å². The second-order valence-corrected chi connectivity index (χ2v) is 20.9. The van der Waals surface area contributed by atoms with Crippen molar-refractivity contribution in [2.45, 2.75) is 54.8 Å². The molecule has 434 valence electrons. The van der Waals surface area contributed by atoms with Gasteiger partial charge in [0.2, 0.25) is 41.2 Å². The summed E-state index contributed by atoms with van der Waals surface area (Å²) >= 11 is 13.7. The highest BCUT2D eigenvalue weighted by molar-refractivity contribution is 6.32. The maximum absolute atomic E-state index is 15.7. The molecule has 0 aromatic heterocycles. The van der Waals surface area contributed by atoms with Crippen LogP contribution in [-0.4, -0.2) is 94.3 Å². The molecule has 6 aliphatic rings. The van der Waals surface area contributed by atoms with E-state index in [1.54, 1.807) is 0 Å². The number of hydrogen-bond acceptors (Lipinski definition) is 18. The third kappa shape index (κ3) is 10.9. The fourth-order valence-electron chi connectivity index (χ4n) is 10.2. The maximum atomic E-state index is 15.7. The van der Waals surface area contributed by atoms with Crippen LogP contribution in [0.5, 0.6) is 69.0 Å². The molecule has 27 heteroatoms. The molecule has 0 saturated carbocycles. The van der Waals surface area contributed by atoms with Gasteiger partial charge in [-0.05, 0) is 112 Å². The van der Waals surface area contributed by atoms with E-state index in [9.17, 15) is 60.0 Å². The minimum absolute atomic E-state index is 0.119. The standard InChI is InChI=1S/C58H45Cl2N7O18/c59-32-9-21-1-7-38(32)84-41-16-26-17-42(51(41)74)85-39-8-4-24(14-33(39)60)50(73)49-57(80)66-48(58(81)82)31-19-28(69)20-37(72)43(31)30-13-23(3-5-35(30)70)45(54(77)67-49)64-56(79)47(26)65-55(78)46-25-11-27(68)18-29(12-25)83-40-15-22(2-6-36(40)71)44(61)53(76)62-34(10-21)52(75)63-46/h1-9,11-20,34,44-50,68-74H,10,61H2,(H,62,76)(H,63,75)(H,64,79)(H,65,78)(H,66,80)(H,67,77)(H,81,82)/t34-,44-,45-,46+,47-,48?,49+,50-/m1/s1. The van der Waals surface area contributed by atoms with Crippen LogP contribution < -0.4 is 51.8 Å². The predicted octanol–water partition coefficient (Wildman–Crippen LogP) is 4.98. The number of phenolic OH excluding ortho intramolecular Hbond substituents is 6. The van der Waals surface area contributed by atoms with Gasteiger partial charge in [0.25, 0.3) is 0 Å². The van der Waals surface area contributed by atoms with Crippen LogP contribution in [-0.2, 0) is 40.0 Å². The van der Waals surface area contributed by atoms with Gasteiger partial charge in [-0.15, -0.1) is 0 Å². The summed E-state index contributed by atoms with van der Waals surface area (Å²) in [6.45, 7) is 0. The first-order valence-corrected chi connectivity index (χ1v) is 26.3. The molecule has 13 rings (SSSR count). The smallest absolute Gasteiger partial charge is 0.330 e. The SMILES string of the molecule is N[C@H]1C(=O)N[C@@H]2Cc3ccc(c(Cl)c3)Oc3cc4cc(c3O)Oc3ccc(cc3Cl)[C@@H](O)[C@@H]3NC(=O)[C@H](NC(=O)[C@@H]4NC(=O)[C@@H](NC2=O)c2cc(O)cc(c2)Oc2cc1ccc2O)c1ccc(O)c(c1)-c1c(O)cc(O)cc1C(C(=O)O)NC3=O. The third-order valence-corrected chi connectivity index (χ3v) is 15.0. The van der Waals surface area contributed by atoms with E-state index in [2.05, 4.69) is 31.9 Å². The van der Waals surface area contributed by atoms with Crippen molar-refractivity contribution in [3.05, 3.63) is 164 Å². The molecule has 7 aromatic rings. The van der Waals surface area contributed by atoms with Crippen LogP contribution in [0.25, 0.3) is 11.1 Å². The number of nitrogens with one attached hydrogen (secondary N) is 6. The molecule has 0 radical (unpaired) electrons. The lowest BCUT2D eigenvalue weighted by Crippen LogP contribution is -2.55. The number of carboxylic acids is 1. The van der Waals surface area contributed by atoms with Gasteiger partial charge in [0.15, 0.2) is 29.0 Å². The topological polar surface area (TPSA) is 407 Å². The lowest BCUT2D eigenvalue weighted by atomic mass is 9.89. The van der Waals surface area contributed by atoms with Crippen molar-refractivity contribution in [1.29, 1.82) is 0 Å². The Hall–Kier alpha value is -10.5. The van der Waals surface area contributed by atoms with Gasteiger partial charge < -0.3 is 92.7 Å². The first-order chi connectivity index (χ1) is 40.5. The minimum Gasteiger partial charge on any atom is -0.508 e. The van der Waals surface area contributed by atoms with Gasteiger partial charge in [-0.25, -0.2) is 4.79 Å². The van der Waals surface area contributed by atoms with Crippen LogP contribution >= 0.6 is 23.2 Å². The molecular weight excluding hydrogens is 1150 g/mol. The van der Waals surface area contributed by atoms with Gasteiger partial charge in [-0.2, -0.15) is 0 Å². The Morgan fingerprint density at radius 3 is 1.74 bits per heavy atom. The normalized spacial score (nSPS) is 22.0. The highest BCUT2D eigenvalue weighted by Crippen LogP contribution is 2.48. The highest BCUT2D eigenvalue weighted by atomic mass is 35.5. The molecule has 6 amide bonds. The molecule has 8 atom stereocenters. The minimum atomic E-state index is -2.19. The third-order valence-electron chi connectivity index (χ3n) is 14.4. The molecule has 0 aliphatic carbocycles. The number of amides is 6. The number of aliphatic hydroxyl groups is 1. The molecule has 0 spiro atoms. The predicted molar refractivity (Wildman–Crippen MR) is 295 cm³/mol. The average molecular weight is 1200 g/mol. The number of carbonyl (C=O) groups excluding carboxylic acids is 6. The summed E-state index contributed by atoms with van der Waals surface area (Å²) in [6.07, 6.45) is -2.47. The molecule has 0 fully saturated rings. The Morgan fingerprint density at radius 2 is 1.07 bits per heavy atom. The number of aliphatic hydroxyl groups excluding tert-OH is 1. The van der Waals surface area contributed by atoms with Crippen molar-refractivity contribution in [3.8, 4) is 80.1 Å². The number of fused-ring (bicyclic) bond motifs is 14. The van der Waals surface area contributed by atoms with E-state index < -0.39 is 152 Å². The van der Waals surface area contributed by atoms with E-state index in [-0.39, 0.29) is 67.3 Å². The number of hydrogen-bond donors (Lipinski definition) is 15. The average Bonchev–Trinajstić information content (AvgIpc) is 3.65. The van der Waals surface area contributed by atoms with Gasteiger partial charge in [0.05, 0.1) is 10.0 Å². The van der Waals surface area contributed by atoms with Crippen LogP contribution in [0.1, 0.15) is 75.3 Å². The fourth-order valence-corrected chi connectivity index (χ4v) is 10.7. The van der Waals surface area contributed by atoms with Crippen LogP contribution in [0.2, 0.25) is 10.0 Å². The quantitative estimate of drug-likeness (QED) is 0.103. The molecule has 25 nitrogen and oxygen atoms in total. The van der Waals surface area contributed by atoms with Gasteiger partial charge in [0.1, 0.15) is 82.6 Å². The number of carboxylic acid groups (broad SMARTS) is 1. The van der Waals surface area contributed by atoms with E-state index >= 15 is 14.4 Å². The van der Waals surface area contributed by atoms with E-state index in [4.69, 9.17) is 43.1 Å². The van der Waals surface area contributed by atoms with E-state index in [1.165, 1.54) is 54.6 Å². The van der Waals surface area contributed by atoms with Crippen LogP contribution in [0.3, 0.4) is 0 Å². The van der Waals surface area contributed by atoms with Crippen molar-refractivity contribution >= 4 is 64.6 Å². The number of benzene rings is 7. The van der Waals surface area contributed by atoms with Crippen molar-refractivity contribution in [3.63, 3.8) is 0 Å². The van der Waals surface area contributed by atoms with Crippen molar-refractivity contribution < 1.29 is 88.6 Å². The number of ether oxygens (including phenoxy) is 3. The molecule has 85 heavy (non-hydrogen) atoms. The number of phenols is 6. The number of rotatable bonds is 1.